The van der Waals surface area contributed by atoms with Crippen LogP contribution in [0.1, 0.15) is 24.0 Å². The third-order valence-corrected chi connectivity index (χ3v) is 6.78. The zero-order valence-corrected chi connectivity index (χ0v) is 20.0. The zero-order chi connectivity index (χ0) is 23.4. The van der Waals surface area contributed by atoms with Gasteiger partial charge in [-0.15, -0.1) is 0 Å². The molecule has 0 aliphatic carbocycles. The van der Waals surface area contributed by atoms with Crippen molar-refractivity contribution >= 4 is 40.3 Å². The fourth-order valence-corrected chi connectivity index (χ4v) is 4.93. The van der Waals surface area contributed by atoms with Gasteiger partial charge in [0.2, 0.25) is 0 Å². The van der Waals surface area contributed by atoms with Gasteiger partial charge in [-0.05, 0) is 85.1 Å². The van der Waals surface area contributed by atoms with Crippen molar-refractivity contribution in [2.24, 2.45) is 4.99 Å². The van der Waals surface area contributed by atoms with Crippen molar-refractivity contribution in [3.63, 3.8) is 0 Å². The first kappa shape index (κ1) is 23.3. The number of methoxy groups -OCH3 is 2. The molecule has 6 nitrogen and oxygen atoms in total. The minimum absolute atomic E-state index is 0.160. The second kappa shape index (κ2) is 10.4. The van der Waals surface area contributed by atoms with Crippen molar-refractivity contribution in [1.82, 2.24) is 4.90 Å². The van der Waals surface area contributed by atoms with Crippen molar-refractivity contribution in [2.75, 3.05) is 45.4 Å². The van der Waals surface area contributed by atoms with Gasteiger partial charge in [0.25, 0.3) is 5.91 Å². The van der Waals surface area contributed by atoms with Crippen LogP contribution in [0.5, 0.6) is 5.75 Å². The van der Waals surface area contributed by atoms with Gasteiger partial charge >= 0.3 is 0 Å². The number of nitrogens with zero attached hydrogens (tertiary/aromatic N) is 3. The summed E-state index contributed by atoms with van der Waals surface area (Å²) < 4.78 is 25.3. The minimum Gasteiger partial charge on any atom is -0.497 e. The summed E-state index contributed by atoms with van der Waals surface area (Å²) in [6.45, 7) is 4.48. The Balaban J connectivity index is 1.63. The Morgan fingerprint density at radius 1 is 1.15 bits per heavy atom. The molecule has 2 heterocycles. The van der Waals surface area contributed by atoms with Gasteiger partial charge in [-0.3, -0.25) is 9.69 Å². The SMILES string of the molecule is COCCN1C(=O)C(=Cc2cc(F)c(N3CCCC3)cc2C)SC1=Nc1ccc(OC)cc1. The van der Waals surface area contributed by atoms with E-state index in [-0.39, 0.29) is 11.7 Å². The second-order valence-corrected chi connectivity index (χ2v) is 9.02. The standard InChI is InChI=1S/C25H28FN3O3S/c1-17-14-22(28-10-4-5-11-28)21(26)15-18(17)16-23-24(30)29(12-13-31-2)25(33-23)27-19-6-8-20(32-3)9-7-19/h6-9,14-16H,4-5,10-13H2,1-3H3. The molecule has 33 heavy (non-hydrogen) atoms. The average molecular weight is 470 g/mol. The maximum atomic E-state index is 14.9. The van der Waals surface area contributed by atoms with Crippen LogP contribution in [0.3, 0.4) is 0 Å². The Morgan fingerprint density at radius 3 is 2.55 bits per heavy atom. The van der Waals surface area contributed by atoms with Crippen LogP contribution in [0.25, 0.3) is 6.08 Å². The quantitative estimate of drug-likeness (QED) is 0.535. The molecular weight excluding hydrogens is 441 g/mol. The number of carbonyl (C=O) groups is 1. The molecule has 2 aliphatic rings. The number of benzene rings is 2. The molecular formula is C25H28FN3O3S. The Bertz CT molecular complexity index is 1080. The number of hydrogen-bond acceptors (Lipinski definition) is 6. The second-order valence-electron chi connectivity index (χ2n) is 8.01. The first-order chi connectivity index (χ1) is 16.0. The lowest BCUT2D eigenvalue weighted by molar-refractivity contribution is -0.122. The van der Waals surface area contributed by atoms with E-state index in [1.54, 1.807) is 25.2 Å². The molecule has 2 aromatic carbocycles. The molecule has 0 atom stereocenters. The number of aryl methyl sites for hydroxylation is 1. The number of carbonyl (C=O) groups excluding carboxylic acids is 1. The predicted octanol–water partition coefficient (Wildman–Crippen LogP) is 4.99. The number of ether oxygens (including phenoxy) is 2. The lowest BCUT2D eigenvalue weighted by atomic mass is 10.1. The monoisotopic (exact) mass is 469 g/mol. The third kappa shape index (κ3) is 5.23. The number of thioether (sulfide) groups is 1. The van der Waals surface area contributed by atoms with E-state index in [1.807, 2.05) is 37.3 Å². The summed E-state index contributed by atoms with van der Waals surface area (Å²) in [6.07, 6.45) is 3.93. The first-order valence-corrected chi connectivity index (χ1v) is 11.8. The molecule has 174 valence electrons. The summed E-state index contributed by atoms with van der Waals surface area (Å²) in [5.74, 6) is 0.321. The Morgan fingerprint density at radius 2 is 1.88 bits per heavy atom. The van der Waals surface area contributed by atoms with E-state index >= 15 is 0 Å². The van der Waals surface area contributed by atoms with E-state index in [1.165, 1.54) is 17.8 Å². The van der Waals surface area contributed by atoms with Gasteiger partial charge in [0.05, 0.1) is 36.5 Å². The fourth-order valence-electron chi connectivity index (χ4n) is 3.92. The molecule has 4 rings (SSSR count). The molecule has 2 fully saturated rings. The van der Waals surface area contributed by atoms with Crippen molar-refractivity contribution in [3.05, 3.63) is 58.2 Å². The number of amidine groups is 1. The third-order valence-electron chi connectivity index (χ3n) is 5.77. The van der Waals surface area contributed by atoms with Crippen LogP contribution in [0.4, 0.5) is 15.8 Å². The minimum atomic E-state index is -0.256. The highest BCUT2D eigenvalue weighted by molar-refractivity contribution is 8.18. The fraction of sp³-hybridized carbons (Fsp3) is 0.360. The number of amides is 1. The maximum Gasteiger partial charge on any atom is 0.266 e. The zero-order valence-electron chi connectivity index (χ0n) is 19.1. The van der Waals surface area contributed by atoms with Crippen molar-refractivity contribution in [3.8, 4) is 5.75 Å². The molecule has 0 aromatic heterocycles. The van der Waals surface area contributed by atoms with Crippen LogP contribution in [-0.4, -0.2) is 56.4 Å². The number of halogens is 1. The van der Waals surface area contributed by atoms with Crippen LogP contribution in [-0.2, 0) is 9.53 Å². The van der Waals surface area contributed by atoms with E-state index in [0.717, 1.165) is 37.2 Å². The first-order valence-electron chi connectivity index (χ1n) is 11.0. The molecule has 0 saturated carbocycles. The molecule has 1 amide bonds. The van der Waals surface area contributed by atoms with Gasteiger partial charge in [-0.25, -0.2) is 9.38 Å². The van der Waals surface area contributed by atoms with E-state index in [4.69, 9.17) is 9.47 Å². The normalized spacial score (nSPS) is 18.7. The molecule has 0 spiro atoms. The van der Waals surface area contributed by atoms with Crippen LogP contribution < -0.4 is 9.64 Å². The summed E-state index contributed by atoms with van der Waals surface area (Å²) in [5, 5.41) is 0.570. The van der Waals surface area contributed by atoms with Gasteiger partial charge < -0.3 is 14.4 Å². The molecule has 2 saturated heterocycles. The number of rotatable bonds is 7. The Labute approximate surface area is 198 Å². The van der Waals surface area contributed by atoms with Crippen molar-refractivity contribution in [2.45, 2.75) is 19.8 Å². The molecule has 0 unspecified atom stereocenters. The summed E-state index contributed by atoms with van der Waals surface area (Å²) in [5.41, 5.74) is 2.99. The summed E-state index contributed by atoms with van der Waals surface area (Å²) in [6, 6.07) is 10.7. The van der Waals surface area contributed by atoms with Crippen molar-refractivity contribution in [1.29, 1.82) is 0 Å². The van der Waals surface area contributed by atoms with Crippen LogP contribution >= 0.6 is 11.8 Å². The van der Waals surface area contributed by atoms with Gasteiger partial charge in [-0.1, -0.05) is 0 Å². The highest BCUT2D eigenvalue weighted by atomic mass is 32.2. The largest absolute Gasteiger partial charge is 0.497 e. The van der Waals surface area contributed by atoms with Crippen LogP contribution in [0.15, 0.2) is 46.3 Å². The highest BCUT2D eigenvalue weighted by Crippen LogP contribution is 2.36. The smallest absolute Gasteiger partial charge is 0.266 e. The predicted molar refractivity (Wildman–Crippen MR) is 132 cm³/mol. The number of hydrogen-bond donors (Lipinski definition) is 0. The van der Waals surface area contributed by atoms with E-state index in [2.05, 4.69) is 9.89 Å². The van der Waals surface area contributed by atoms with Gasteiger partial charge in [0.15, 0.2) is 5.17 Å². The number of anilines is 1. The van der Waals surface area contributed by atoms with Gasteiger partial charge in [0.1, 0.15) is 11.6 Å². The summed E-state index contributed by atoms with van der Waals surface area (Å²) >= 11 is 1.29. The topological polar surface area (TPSA) is 54.4 Å². The summed E-state index contributed by atoms with van der Waals surface area (Å²) in [7, 11) is 3.21. The Hall–Kier alpha value is -2.84. The van der Waals surface area contributed by atoms with Crippen LogP contribution in [0, 0.1) is 12.7 Å². The molecule has 8 heteroatoms. The molecule has 0 bridgehead atoms. The van der Waals surface area contributed by atoms with E-state index in [0.29, 0.717) is 40.2 Å². The van der Waals surface area contributed by atoms with E-state index < -0.39 is 0 Å². The lowest BCUT2D eigenvalue weighted by Gasteiger charge is -2.19. The Kier molecular flexibility index (Phi) is 7.35. The molecule has 0 N–H and O–H groups in total. The van der Waals surface area contributed by atoms with Crippen LogP contribution in [0.2, 0.25) is 0 Å². The van der Waals surface area contributed by atoms with E-state index in [9.17, 15) is 9.18 Å². The molecule has 2 aliphatic heterocycles. The van der Waals surface area contributed by atoms with Gasteiger partial charge in [-0.2, -0.15) is 0 Å². The summed E-state index contributed by atoms with van der Waals surface area (Å²) in [4.78, 5) is 22.0. The average Bonchev–Trinajstić information content (AvgIpc) is 3.44. The number of aliphatic imine (C=N–C) groups is 1. The molecule has 0 radical (unpaired) electrons. The highest BCUT2D eigenvalue weighted by Gasteiger charge is 2.33. The lowest BCUT2D eigenvalue weighted by Crippen LogP contribution is -2.32. The maximum absolute atomic E-state index is 14.9. The van der Waals surface area contributed by atoms with Gasteiger partial charge in [0, 0.05) is 20.2 Å². The molecule has 2 aromatic rings. The van der Waals surface area contributed by atoms with Crippen molar-refractivity contribution < 1.29 is 18.7 Å².